The second-order valence-electron chi connectivity index (χ2n) is 4.08. The molecular weight excluding hydrogens is 220 g/mol. The van der Waals surface area contributed by atoms with Gasteiger partial charge in [0.2, 0.25) is 0 Å². The summed E-state index contributed by atoms with van der Waals surface area (Å²) in [4.78, 5) is 22.0. The molecule has 0 saturated carbocycles. The third-order valence-corrected chi connectivity index (χ3v) is 2.88. The number of carboxylic acids is 2. The van der Waals surface area contributed by atoms with Gasteiger partial charge in [-0.25, -0.2) is 0 Å². The van der Waals surface area contributed by atoms with E-state index in [-0.39, 0.29) is 0 Å². The van der Waals surface area contributed by atoms with E-state index in [1.807, 2.05) is 19.1 Å². The summed E-state index contributed by atoms with van der Waals surface area (Å²) >= 11 is 0. The van der Waals surface area contributed by atoms with Gasteiger partial charge in [-0.1, -0.05) is 36.8 Å². The minimum absolute atomic E-state index is 0.478. The Labute approximate surface area is 99.9 Å². The number of carboxylic acid groups (broad SMARTS) is 2. The molecule has 92 valence electrons. The van der Waals surface area contributed by atoms with Gasteiger partial charge in [-0.3, -0.25) is 9.59 Å². The lowest BCUT2D eigenvalue weighted by Gasteiger charge is -2.19. The van der Waals surface area contributed by atoms with Crippen molar-refractivity contribution < 1.29 is 19.8 Å². The molecule has 17 heavy (non-hydrogen) atoms. The Balaban J connectivity index is 3.08. The number of hydrogen-bond donors (Lipinski definition) is 2. The van der Waals surface area contributed by atoms with Gasteiger partial charge in [-0.15, -0.1) is 0 Å². The van der Waals surface area contributed by atoms with Gasteiger partial charge in [0, 0.05) is 5.92 Å². The molecule has 0 unspecified atom stereocenters. The zero-order chi connectivity index (χ0) is 13.0. The Morgan fingerprint density at radius 2 is 1.59 bits per heavy atom. The summed E-state index contributed by atoms with van der Waals surface area (Å²) in [5.74, 6) is -4.46. The second kappa shape index (κ2) is 5.48. The first-order valence-corrected chi connectivity index (χ1v) is 5.49. The molecule has 2 N–H and O–H groups in total. The Morgan fingerprint density at radius 3 is 1.94 bits per heavy atom. The van der Waals surface area contributed by atoms with Crippen molar-refractivity contribution in [1.29, 1.82) is 0 Å². The van der Waals surface area contributed by atoms with Crippen LogP contribution in [0.15, 0.2) is 24.3 Å². The fourth-order valence-corrected chi connectivity index (χ4v) is 1.93. The van der Waals surface area contributed by atoms with Crippen molar-refractivity contribution in [3.8, 4) is 0 Å². The van der Waals surface area contributed by atoms with Crippen LogP contribution in [-0.4, -0.2) is 22.2 Å². The maximum atomic E-state index is 11.0. The van der Waals surface area contributed by atoms with Crippen LogP contribution in [0.1, 0.15) is 30.4 Å². The monoisotopic (exact) mass is 236 g/mol. The Morgan fingerprint density at radius 1 is 1.12 bits per heavy atom. The van der Waals surface area contributed by atoms with Crippen molar-refractivity contribution in [1.82, 2.24) is 0 Å². The second-order valence-corrected chi connectivity index (χ2v) is 4.08. The molecule has 0 amide bonds. The number of hydrogen-bond acceptors (Lipinski definition) is 2. The van der Waals surface area contributed by atoms with Crippen molar-refractivity contribution in [2.45, 2.75) is 26.2 Å². The largest absolute Gasteiger partial charge is 0.481 e. The van der Waals surface area contributed by atoms with E-state index in [1.165, 1.54) is 0 Å². The number of aryl methyl sites for hydroxylation is 1. The number of carbonyl (C=O) groups is 2. The lowest BCUT2D eigenvalue weighted by atomic mass is 9.84. The summed E-state index contributed by atoms with van der Waals surface area (Å²) in [6.07, 6.45) is 0.478. The molecule has 0 heterocycles. The highest BCUT2D eigenvalue weighted by molar-refractivity contribution is 5.94. The van der Waals surface area contributed by atoms with Gasteiger partial charge in [0.05, 0.1) is 0 Å². The molecule has 0 aliphatic rings. The first-order valence-electron chi connectivity index (χ1n) is 5.49. The van der Waals surface area contributed by atoms with E-state index in [9.17, 15) is 9.59 Å². The molecule has 1 atom stereocenters. The van der Waals surface area contributed by atoms with Crippen LogP contribution in [0.25, 0.3) is 0 Å². The lowest BCUT2D eigenvalue weighted by molar-refractivity contribution is -0.155. The zero-order valence-electron chi connectivity index (χ0n) is 9.88. The van der Waals surface area contributed by atoms with Crippen molar-refractivity contribution >= 4 is 11.9 Å². The molecule has 1 aromatic rings. The van der Waals surface area contributed by atoms with Gasteiger partial charge in [0.25, 0.3) is 0 Å². The smallest absolute Gasteiger partial charge is 0.318 e. The molecule has 0 saturated heterocycles. The normalized spacial score (nSPS) is 12.4. The number of benzene rings is 1. The average molecular weight is 236 g/mol. The predicted molar refractivity (Wildman–Crippen MR) is 63.0 cm³/mol. The third-order valence-electron chi connectivity index (χ3n) is 2.88. The first kappa shape index (κ1) is 13.2. The van der Waals surface area contributed by atoms with Crippen LogP contribution in [0, 0.1) is 12.8 Å². The van der Waals surface area contributed by atoms with Crippen LogP contribution >= 0.6 is 0 Å². The van der Waals surface area contributed by atoms with E-state index in [0.717, 1.165) is 11.1 Å². The van der Waals surface area contributed by atoms with Crippen LogP contribution in [0.2, 0.25) is 0 Å². The average Bonchev–Trinajstić information content (AvgIpc) is 2.26. The Hall–Kier alpha value is -1.84. The first-order chi connectivity index (χ1) is 7.97. The SMILES string of the molecule is CC[C@H](c1ccc(C)cc1)C(C(=O)O)C(=O)O. The molecule has 1 rings (SSSR count). The van der Waals surface area contributed by atoms with Crippen molar-refractivity contribution in [2.75, 3.05) is 0 Å². The summed E-state index contributed by atoms with van der Waals surface area (Å²) in [7, 11) is 0. The quantitative estimate of drug-likeness (QED) is 0.769. The molecule has 0 aromatic heterocycles. The van der Waals surface area contributed by atoms with Crippen LogP contribution in [0.4, 0.5) is 0 Å². The molecule has 0 aliphatic heterocycles. The molecule has 1 aromatic carbocycles. The zero-order valence-corrected chi connectivity index (χ0v) is 9.88. The molecular formula is C13H16O4. The van der Waals surface area contributed by atoms with Crippen LogP contribution in [0.3, 0.4) is 0 Å². The van der Waals surface area contributed by atoms with Gasteiger partial charge in [0.1, 0.15) is 0 Å². The van der Waals surface area contributed by atoms with E-state index in [0.29, 0.717) is 6.42 Å². The highest BCUT2D eigenvalue weighted by Crippen LogP contribution is 2.28. The van der Waals surface area contributed by atoms with Gasteiger partial charge in [0.15, 0.2) is 5.92 Å². The third kappa shape index (κ3) is 3.06. The molecule has 0 spiro atoms. The van der Waals surface area contributed by atoms with E-state index in [1.54, 1.807) is 19.1 Å². The molecule has 4 heteroatoms. The van der Waals surface area contributed by atoms with Gasteiger partial charge in [-0.2, -0.15) is 0 Å². The van der Waals surface area contributed by atoms with Crippen LogP contribution in [0.5, 0.6) is 0 Å². The van der Waals surface area contributed by atoms with E-state index in [4.69, 9.17) is 10.2 Å². The number of rotatable bonds is 5. The lowest BCUT2D eigenvalue weighted by Crippen LogP contribution is -2.29. The fraction of sp³-hybridized carbons (Fsp3) is 0.385. The minimum Gasteiger partial charge on any atom is -0.481 e. The molecule has 4 nitrogen and oxygen atoms in total. The molecule has 0 fully saturated rings. The highest BCUT2D eigenvalue weighted by Gasteiger charge is 2.34. The minimum atomic E-state index is -1.39. The standard InChI is InChI=1S/C13H16O4/c1-3-10(11(12(14)15)13(16)17)9-6-4-8(2)5-7-9/h4-7,10-11H,3H2,1-2H3,(H,14,15)(H,16,17)/t10-/m1/s1. The summed E-state index contributed by atoms with van der Waals surface area (Å²) < 4.78 is 0. The molecule has 0 radical (unpaired) electrons. The topological polar surface area (TPSA) is 74.6 Å². The summed E-state index contributed by atoms with van der Waals surface area (Å²) in [6, 6.07) is 7.31. The maximum Gasteiger partial charge on any atom is 0.318 e. The summed E-state index contributed by atoms with van der Waals surface area (Å²) in [5.41, 5.74) is 1.82. The number of aliphatic carboxylic acids is 2. The van der Waals surface area contributed by atoms with Gasteiger partial charge >= 0.3 is 11.9 Å². The van der Waals surface area contributed by atoms with Crippen molar-refractivity contribution in [3.05, 3.63) is 35.4 Å². The Bertz CT molecular complexity index is 394. The predicted octanol–water partition coefficient (Wildman–Crippen LogP) is 2.27. The van der Waals surface area contributed by atoms with Crippen LogP contribution < -0.4 is 0 Å². The van der Waals surface area contributed by atoms with Crippen LogP contribution in [-0.2, 0) is 9.59 Å². The Kier molecular flexibility index (Phi) is 4.26. The van der Waals surface area contributed by atoms with Gasteiger partial charge < -0.3 is 10.2 Å². The molecule has 0 aliphatic carbocycles. The summed E-state index contributed by atoms with van der Waals surface area (Å²) in [5, 5.41) is 18.0. The fourth-order valence-electron chi connectivity index (χ4n) is 1.93. The van der Waals surface area contributed by atoms with E-state index >= 15 is 0 Å². The van der Waals surface area contributed by atoms with E-state index < -0.39 is 23.8 Å². The molecule has 0 bridgehead atoms. The highest BCUT2D eigenvalue weighted by atomic mass is 16.4. The summed E-state index contributed by atoms with van der Waals surface area (Å²) in [6.45, 7) is 3.72. The van der Waals surface area contributed by atoms with Gasteiger partial charge in [-0.05, 0) is 18.9 Å². The van der Waals surface area contributed by atoms with Crippen molar-refractivity contribution in [3.63, 3.8) is 0 Å². The maximum absolute atomic E-state index is 11.0. The van der Waals surface area contributed by atoms with E-state index in [2.05, 4.69) is 0 Å². The van der Waals surface area contributed by atoms with Crippen molar-refractivity contribution in [2.24, 2.45) is 5.92 Å².